The third kappa shape index (κ3) is 6.71. The van der Waals surface area contributed by atoms with Crippen LogP contribution in [-0.4, -0.2) is 58.4 Å². The van der Waals surface area contributed by atoms with Crippen molar-refractivity contribution in [3.8, 4) is 0 Å². The Labute approximate surface area is 198 Å². The summed E-state index contributed by atoms with van der Waals surface area (Å²) in [4.78, 5) is 33.7. The number of urea groups is 1. The van der Waals surface area contributed by atoms with Gasteiger partial charge < -0.3 is 15.5 Å². The van der Waals surface area contributed by atoms with E-state index in [-0.39, 0.29) is 29.5 Å². The van der Waals surface area contributed by atoms with Gasteiger partial charge in [0.05, 0.1) is 16.3 Å². The molecule has 31 heavy (non-hydrogen) atoms. The van der Waals surface area contributed by atoms with Crippen LogP contribution in [-0.2, 0) is 0 Å². The highest BCUT2D eigenvalue weighted by Crippen LogP contribution is 2.23. The van der Waals surface area contributed by atoms with Crippen molar-refractivity contribution >= 4 is 59.1 Å². The van der Waals surface area contributed by atoms with Crippen molar-refractivity contribution in [1.82, 2.24) is 14.8 Å². The van der Waals surface area contributed by atoms with E-state index in [0.29, 0.717) is 34.6 Å². The van der Waals surface area contributed by atoms with Crippen LogP contribution in [0.25, 0.3) is 0 Å². The zero-order valence-corrected chi connectivity index (χ0v) is 19.9. The highest BCUT2D eigenvalue weighted by molar-refractivity contribution is 6.31. The van der Waals surface area contributed by atoms with Crippen LogP contribution < -0.4 is 10.6 Å². The van der Waals surface area contributed by atoms with Gasteiger partial charge in [-0.05, 0) is 51.1 Å². The lowest BCUT2D eigenvalue weighted by Gasteiger charge is -2.42. The van der Waals surface area contributed by atoms with Gasteiger partial charge in [0.1, 0.15) is 5.82 Å². The molecule has 7 nitrogen and oxygen atoms in total. The molecule has 2 N–H and O–H groups in total. The van der Waals surface area contributed by atoms with Crippen molar-refractivity contribution in [2.45, 2.75) is 26.3 Å². The molecule has 1 aliphatic heterocycles. The Morgan fingerprint density at radius 2 is 1.61 bits per heavy atom. The topological polar surface area (TPSA) is 77.6 Å². The SMILES string of the molecule is CC(C)(C)N1CCN(C(=O)Nc2ccc(Cl)cc2C(=O)Nc2ccc(Cl)cn2)CC1.Cl. The molecule has 1 aromatic carbocycles. The van der Waals surface area contributed by atoms with Gasteiger partial charge in [0.2, 0.25) is 0 Å². The van der Waals surface area contributed by atoms with Crippen LogP contribution in [0.1, 0.15) is 31.1 Å². The minimum Gasteiger partial charge on any atom is -0.322 e. The Balaban J connectivity index is 0.00000341. The maximum Gasteiger partial charge on any atom is 0.321 e. The number of benzene rings is 1. The number of nitrogens with one attached hydrogen (secondary N) is 2. The molecule has 2 heterocycles. The van der Waals surface area contributed by atoms with E-state index < -0.39 is 5.91 Å². The van der Waals surface area contributed by atoms with Gasteiger partial charge in [-0.15, -0.1) is 12.4 Å². The van der Waals surface area contributed by atoms with Gasteiger partial charge >= 0.3 is 6.03 Å². The third-order valence-electron chi connectivity index (χ3n) is 4.95. The molecule has 1 saturated heterocycles. The average molecular weight is 487 g/mol. The summed E-state index contributed by atoms with van der Waals surface area (Å²) >= 11 is 11.9. The number of nitrogens with zero attached hydrogens (tertiary/aromatic N) is 3. The lowest BCUT2D eigenvalue weighted by molar-refractivity contribution is 0.0774. The van der Waals surface area contributed by atoms with Crippen molar-refractivity contribution < 1.29 is 9.59 Å². The fraction of sp³-hybridized carbons (Fsp3) is 0.381. The minimum atomic E-state index is -0.430. The molecule has 1 aromatic heterocycles. The first kappa shape index (κ1) is 25.2. The van der Waals surface area contributed by atoms with Crippen LogP contribution in [0.4, 0.5) is 16.3 Å². The normalized spacial score (nSPS) is 14.5. The molecule has 10 heteroatoms. The molecule has 168 valence electrons. The van der Waals surface area contributed by atoms with Gasteiger partial charge in [-0.1, -0.05) is 23.2 Å². The van der Waals surface area contributed by atoms with Gasteiger partial charge in [-0.2, -0.15) is 0 Å². The first-order valence-corrected chi connectivity index (χ1v) is 10.4. The number of amides is 3. The van der Waals surface area contributed by atoms with Crippen LogP contribution in [0.5, 0.6) is 0 Å². The van der Waals surface area contributed by atoms with Gasteiger partial charge in [-0.25, -0.2) is 9.78 Å². The van der Waals surface area contributed by atoms with Crippen molar-refractivity contribution in [3.63, 3.8) is 0 Å². The van der Waals surface area contributed by atoms with Crippen molar-refractivity contribution in [2.75, 3.05) is 36.8 Å². The quantitative estimate of drug-likeness (QED) is 0.639. The second-order valence-electron chi connectivity index (χ2n) is 8.08. The molecule has 3 rings (SSSR count). The van der Waals surface area contributed by atoms with Crippen molar-refractivity contribution in [3.05, 3.63) is 52.1 Å². The summed E-state index contributed by atoms with van der Waals surface area (Å²) in [6, 6.07) is 7.74. The summed E-state index contributed by atoms with van der Waals surface area (Å²) in [6.45, 7) is 9.32. The third-order valence-corrected chi connectivity index (χ3v) is 5.41. The van der Waals surface area contributed by atoms with Crippen LogP contribution in [0, 0.1) is 0 Å². The number of anilines is 2. The number of rotatable bonds is 3. The first-order chi connectivity index (χ1) is 14.1. The fourth-order valence-corrected chi connectivity index (χ4v) is 3.51. The predicted molar refractivity (Wildman–Crippen MR) is 128 cm³/mol. The van der Waals surface area contributed by atoms with Gasteiger partial charge in [0.15, 0.2) is 0 Å². The molecule has 0 aliphatic carbocycles. The summed E-state index contributed by atoms with van der Waals surface area (Å²) in [5.41, 5.74) is 0.703. The number of pyridine rings is 1. The summed E-state index contributed by atoms with van der Waals surface area (Å²) in [5.74, 6) is -0.0832. The number of hydrogen-bond donors (Lipinski definition) is 2. The minimum absolute atomic E-state index is 0. The van der Waals surface area contributed by atoms with Crippen LogP contribution >= 0.6 is 35.6 Å². The highest BCUT2D eigenvalue weighted by atomic mass is 35.5. The lowest BCUT2D eigenvalue weighted by Crippen LogP contribution is -2.55. The van der Waals surface area contributed by atoms with Crippen molar-refractivity contribution in [1.29, 1.82) is 0 Å². The van der Waals surface area contributed by atoms with Gasteiger partial charge in [-0.3, -0.25) is 9.69 Å². The van der Waals surface area contributed by atoms with Gasteiger partial charge in [0.25, 0.3) is 5.91 Å². The monoisotopic (exact) mass is 485 g/mol. The summed E-state index contributed by atoms with van der Waals surface area (Å²) in [5, 5.41) is 6.39. The van der Waals surface area contributed by atoms with Crippen LogP contribution in [0.3, 0.4) is 0 Å². The van der Waals surface area contributed by atoms with E-state index in [1.807, 2.05) is 0 Å². The maximum atomic E-state index is 12.8. The summed E-state index contributed by atoms with van der Waals surface area (Å²) in [6.07, 6.45) is 1.44. The Bertz CT molecular complexity index is 924. The molecule has 2 aromatic rings. The van der Waals surface area contributed by atoms with E-state index in [2.05, 4.69) is 41.3 Å². The standard InChI is InChI=1S/C21H25Cl2N5O2.ClH/c1-21(2,3)28-10-8-27(9-11-28)20(30)25-17-6-4-14(22)12-16(17)19(29)26-18-7-5-15(23)13-24-18;/h4-7,12-13H,8-11H2,1-3H3,(H,25,30)(H,24,26,29);1H. The molecule has 0 unspecified atom stereocenters. The van der Waals surface area contributed by atoms with E-state index in [0.717, 1.165) is 13.1 Å². The smallest absolute Gasteiger partial charge is 0.321 e. The van der Waals surface area contributed by atoms with E-state index >= 15 is 0 Å². The van der Waals surface area contributed by atoms with Gasteiger partial charge in [0, 0.05) is 42.9 Å². The number of carbonyl (C=O) groups is 2. The number of halogens is 3. The average Bonchev–Trinajstić information content (AvgIpc) is 2.70. The van der Waals surface area contributed by atoms with E-state index in [1.165, 1.54) is 12.3 Å². The second-order valence-corrected chi connectivity index (χ2v) is 8.95. The molecule has 3 amide bonds. The van der Waals surface area contributed by atoms with E-state index in [9.17, 15) is 9.59 Å². The molecule has 0 saturated carbocycles. The Hall–Kier alpha value is -2.06. The largest absolute Gasteiger partial charge is 0.322 e. The molecular formula is C21H26Cl3N5O2. The zero-order valence-electron chi connectivity index (χ0n) is 17.6. The number of hydrogen-bond acceptors (Lipinski definition) is 4. The number of carbonyl (C=O) groups excluding carboxylic acids is 2. The Kier molecular flexibility index (Phi) is 8.54. The summed E-state index contributed by atoms with van der Waals surface area (Å²) in [7, 11) is 0. The van der Waals surface area contributed by atoms with E-state index in [1.54, 1.807) is 29.2 Å². The first-order valence-electron chi connectivity index (χ1n) is 9.67. The lowest BCUT2D eigenvalue weighted by atomic mass is 10.1. The number of aromatic nitrogens is 1. The highest BCUT2D eigenvalue weighted by Gasteiger charge is 2.28. The van der Waals surface area contributed by atoms with Crippen molar-refractivity contribution in [2.24, 2.45) is 0 Å². The maximum absolute atomic E-state index is 12.8. The summed E-state index contributed by atoms with van der Waals surface area (Å²) < 4.78 is 0. The number of piperazine rings is 1. The Morgan fingerprint density at radius 3 is 2.19 bits per heavy atom. The molecule has 0 radical (unpaired) electrons. The fourth-order valence-electron chi connectivity index (χ4n) is 3.22. The van der Waals surface area contributed by atoms with Crippen LogP contribution in [0.2, 0.25) is 10.0 Å². The zero-order chi connectivity index (χ0) is 21.9. The molecule has 1 fully saturated rings. The second kappa shape index (κ2) is 10.5. The molecular weight excluding hydrogens is 461 g/mol. The molecule has 1 aliphatic rings. The van der Waals surface area contributed by atoms with Crippen LogP contribution in [0.15, 0.2) is 36.5 Å². The Morgan fingerprint density at radius 1 is 0.968 bits per heavy atom. The predicted octanol–water partition coefficient (Wildman–Crippen LogP) is 5.01. The van der Waals surface area contributed by atoms with E-state index in [4.69, 9.17) is 23.2 Å². The molecule has 0 atom stereocenters. The molecule has 0 spiro atoms. The molecule has 0 bridgehead atoms.